The van der Waals surface area contributed by atoms with Crippen LogP contribution in [0.2, 0.25) is 0 Å². The van der Waals surface area contributed by atoms with E-state index in [-0.39, 0.29) is 6.61 Å². The van der Waals surface area contributed by atoms with Crippen LogP contribution in [0.25, 0.3) is 0 Å². The second-order valence-electron chi connectivity index (χ2n) is 3.92. The molecule has 0 aromatic carbocycles. The first-order chi connectivity index (χ1) is 8.22. The van der Waals surface area contributed by atoms with Crippen molar-refractivity contribution in [2.75, 3.05) is 18.5 Å². The molecule has 17 heavy (non-hydrogen) atoms. The molecular formula is C11H19N3O3. The van der Waals surface area contributed by atoms with Crippen LogP contribution in [0.5, 0.6) is 0 Å². The first kappa shape index (κ1) is 13.5. The van der Waals surface area contributed by atoms with E-state index in [1.165, 1.54) is 6.07 Å². The van der Waals surface area contributed by atoms with Crippen molar-refractivity contribution >= 4 is 5.82 Å². The maximum atomic E-state index is 11.0. The maximum absolute atomic E-state index is 11.0. The second-order valence-corrected chi connectivity index (χ2v) is 3.92. The van der Waals surface area contributed by atoms with E-state index in [0.717, 1.165) is 38.6 Å². The number of nitrogens with one attached hydrogen (secondary N) is 3. The molecule has 1 rings (SSSR count). The zero-order valence-corrected chi connectivity index (χ0v) is 9.79. The van der Waals surface area contributed by atoms with Crippen LogP contribution in [0.1, 0.15) is 32.1 Å². The summed E-state index contributed by atoms with van der Waals surface area (Å²) in [7, 11) is 0. The molecule has 96 valence electrons. The fourth-order valence-corrected chi connectivity index (χ4v) is 1.55. The molecule has 0 spiro atoms. The minimum Gasteiger partial charge on any atom is -0.396 e. The lowest BCUT2D eigenvalue weighted by Crippen LogP contribution is -2.23. The van der Waals surface area contributed by atoms with Gasteiger partial charge in [-0.2, -0.15) is 0 Å². The Morgan fingerprint density at radius 2 is 1.76 bits per heavy atom. The van der Waals surface area contributed by atoms with Gasteiger partial charge in [-0.3, -0.25) is 14.8 Å². The van der Waals surface area contributed by atoms with Gasteiger partial charge < -0.3 is 10.4 Å². The topological polar surface area (TPSA) is 98.0 Å². The highest BCUT2D eigenvalue weighted by Crippen LogP contribution is 2.03. The Kier molecular flexibility index (Phi) is 6.09. The molecule has 6 heteroatoms. The molecule has 0 saturated heterocycles. The Balaban J connectivity index is 2.18. The third kappa shape index (κ3) is 5.91. The highest BCUT2D eigenvalue weighted by molar-refractivity contribution is 5.31. The van der Waals surface area contributed by atoms with E-state index in [2.05, 4.69) is 15.3 Å². The quantitative estimate of drug-likeness (QED) is 0.496. The summed E-state index contributed by atoms with van der Waals surface area (Å²) in [5.74, 6) is 0.453. The molecule has 1 aromatic rings. The van der Waals surface area contributed by atoms with Crippen LogP contribution in [0, 0.1) is 0 Å². The van der Waals surface area contributed by atoms with Gasteiger partial charge in [-0.05, 0) is 12.8 Å². The van der Waals surface area contributed by atoms with Crippen LogP contribution in [-0.4, -0.2) is 28.2 Å². The number of aliphatic hydroxyl groups excluding tert-OH is 1. The van der Waals surface area contributed by atoms with E-state index >= 15 is 0 Å². The third-order valence-electron chi connectivity index (χ3n) is 2.41. The first-order valence-electron chi connectivity index (χ1n) is 5.91. The Morgan fingerprint density at radius 1 is 1.06 bits per heavy atom. The summed E-state index contributed by atoms with van der Waals surface area (Å²) in [6, 6.07) is 1.33. The van der Waals surface area contributed by atoms with Crippen molar-refractivity contribution in [3.63, 3.8) is 0 Å². The largest absolute Gasteiger partial charge is 0.396 e. The predicted molar refractivity (Wildman–Crippen MR) is 66.3 cm³/mol. The van der Waals surface area contributed by atoms with Gasteiger partial charge in [0.25, 0.3) is 5.56 Å². The molecule has 0 bridgehead atoms. The Morgan fingerprint density at radius 3 is 2.47 bits per heavy atom. The van der Waals surface area contributed by atoms with E-state index in [1.807, 2.05) is 0 Å². The molecule has 0 saturated carbocycles. The highest BCUT2D eigenvalue weighted by atomic mass is 16.2. The molecule has 0 fully saturated rings. The van der Waals surface area contributed by atoms with Gasteiger partial charge in [-0.1, -0.05) is 19.3 Å². The van der Waals surface area contributed by atoms with Gasteiger partial charge in [0.05, 0.1) is 0 Å². The van der Waals surface area contributed by atoms with Gasteiger partial charge in [-0.25, -0.2) is 4.79 Å². The Bertz CT molecular complexity index is 396. The summed E-state index contributed by atoms with van der Waals surface area (Å²) in [6.45, 7) is 0.977. The zero-order valence-electron chi connectivity index (χ0n) is 9.79. The van der Waals surface area contributed by atoms with Crippen molar-refractivity contribution < 1.29 is 5.11 Å². The average Bonchev–Trinajstić information content (AvgIpc) is 2.26. The van der Waals surface area contributed by atoms with Crippen LogP contribution in [0.15, 0.2) is 15.7 Å². The highest BCUT2D eigenvalue weighted by Gasteiger charge is 1.95. The molecule has 0 unspecified atom stereocenters. The molecule has 0 amide bonds. The fraction of sp³-hybridized carbons (Fsp3) is 0.636. The molecule has 0 atom stereocenters. The first-order valence-corrected chi connectivity index (χ1v) is 5.91. The Hall–Kier alpha value is -1.56. The Labute approximate surface area is 99.1 Å². The SMILES string of the molecule is O=c1cc(NCCCCCCCO)[nH]c(=O)[nH]1. The van der Waals surface area contributed by atoms with Crippen molar-refractivity contribution in [3.05, 3.63) is 26.9 Å². The number of aromatic nitrogens is 2. The monoisotopic (exact) mass is 241 g/mol. The molecule has 0 aliphatic rings. The van der Waals surface area contributed by atoms with E-state index in [0.29, 0.717) is 5.82 Å². The number of hydrogen-bond acceptors (Lipinski definition) is 4. The van der Waals surface area contributed by atoms with Crippen LogP contribution in [0.3, 0.4) is 0 Å². The number of anilines is 1. The molecule has 1 heterocycles. The van der Waals surface area contributed by atoms with Gasteiger partial charge in [0.2, 0.25) is 0 Å². The van der Waals surface area contributed by atoms with E-state index in [4.69, 9.17) is 5.11 Å². The second kappa shape index (κ2) is 7.67. The van der Waals surface area contributed by atoms with Gasteiger partial charge in [0.1, 0.15) is 5.82 Å². The lowest BCUT2D eigenvalue weighted by molar-refractivity contribution is 0.282. The number of aliphatic hydroxyl groups is 1. The zero-order chi connectivity index (χ0) is 12.5. The van der Waals surface area contributed by atoms with Crippen LogP contribution in [0.4, 0.5) is 5.82 Å². The van der Waals surface area contributed by atoms with E-state index < -0.39 is 11.2 Å². The summed E-state index contributed by atoms with van der Waals surface area (Å²) in [5.41, 5.74) is -0.901. The number of unbranched alkanes of at least 4 members (excludes halogenated alkanes) is 4. The molecular weight excluding hydrogens is 222 g/mol. The molecule has 6 nitrogen and oxygen atoms in total. The average molecular weight is 241 g/mol. The standard InChI is InChI=1S/C11H19N3O3/c15-7-5-3-1-2-4-6-12-9-8-10(16)14-11(17)13-9/h8,15H,1-7H2,(H3,12,13,14,16,17). The number of rotatable bonds is 8. The lowest BCUT2D eigenvalue weighted by atomic mass is 10.1. The summed E-state index contributed by atoms with van der Waals surface area (Å²) in [6.07, 6.45) is 5.03. The van der Waals surface area contributed by atoms with Crippen molar-refractivity contribution in [2.24, 2.45) is 0 Å². The number of aromatic amines is 2. The molecule has 0 aliphatic carbocycles. The minimum atomic E-state index is -0.497. The molecule has 0 radical (unpaired) electrons. The van der Waals surface area contributed by atoms with Gasteiger partial charge in [0.15, 0.2) is 0 Å². The smallest absolute Gasteiger partial charge is 0.327 e. The van der Waals surface area contributed by atoms with E-state index in [9.17, 15) is 9.59 Å². The predicted octanol–water partition coefficient (Wildman–Crippen LogP) is 0.418. The van der Waals surface area contributed by atoms with Gasteiger partial charge >= 0.3 is 5.69 Å². The van der Waals surface area contributed by atoms with Crippen molar-refractivity contribution in [1.29, 1.82) is 0 Å². The number of hydrogen-bond donors (Lipinski definition) is 4. The van der Waals surface area contributed by atoms with Crippen molar-refractivity contribution in [2.45, 2.75) is 32.1 Å². The maximum Gasteiger partial charge on any atom is 0.327 e. The summed E-state index contributed by atoms with van der Waals surface area (Å²) < 4.78 is 0. The lowest BCUT2D eigenvalue weighted by Gasteiger charge is -2.04. The summed E-state index contributed by atoms with van der Waals surface area (Å²) in [5, 5.41) is 11.6. The summed E-state index contributed by atoms with van der Waals surface area (Å²) >= 11 is 0. The normalized spacial score (nSPS) is 10.4. The van der Waals surface area contributed by atoms with Crippen LogP contribution in [-0.2, 0) is 0 Å². The minimum absolute atomic E-state index is 0.256. The molecule has 4 N–H and O–H groups in total. The van der Waals surface area contributed by atoms with Gasteiger partial charge in [-0.15, -0.1) is 0 Å². The molecule has 1 aromatic heterocycles. The fourth-order valence-electron chi connectivity index (χ4n) is 1.55. The molecule has 0 aliphatic heterocycles. The summed E-state index contributed by atoms with van der Waals surface area (Å²) in [4.78, 5) is 26.5. The van der Waals surface area contributed by atoms with Crippen molar-refractivity contribution in [3.8, 4) is 0 Å². The third-order valence-corrected chi connectivity index (χ3v) is 2.41. The van der Waals surface area contributed by atoms with Crippen LogP contribution >= 0.6 is 0 Å². The number of H-pyrrole nitrogens is 2. The van der Waals surface area contributed by atoms with Crippen molar-refractivity contribution in [1.82, 2.24) is 9.97 Å². The van der Waals surface area contributed by atoms with Gasteiger partial charge in [0, 0.05) is 19.2 Å². The van der Waals surface area contributed by atoms with E-state index in [1.54, 1.807) is 0 Å². The van der Waals surface area contributed by atoms with Crippen LogP contribution < -0.4 is 16.6 Å².